The van der Waals surface area contributed by atoms with Crippen molar-refractivity contribution in [2.75, 3.05) is 0 Å². The standard InChI is InChI=1S/C19H15N5S/c1-23-11-21-19-13(4-3-5-14(19)23)22-17-9-6-12-16(25-17)8-7-15-18(12)20-10-24(15)2/h3-11H,1-2H3. The highest BCUT2D eigenvalue weighted by Gasteiger charge is 2.06. The second-order valence-electron chi connectivity index (χ2n) is 6.09. The van der Waals surface area contributed by atoms with Gasteiger partial charge >= 0.3 is 0 Å². The molecule has 3 aromatic heterocycles. The van der Waals surface area contributed by atoms with Crippen molar-refractivity contribution in [3.63, 3.8) is 0 Å². The average Bonchev–Trinajstić information content (AvgIpc) is 3.19. The van der Waals surface area contributed by atoms with Gasteiger partial charge in [0, 0.05) is 24.2 Å². The molecular weight excluding hydrogens is 330 g/mol. The van der Waals surface area contributed by atoms with Gasteiger partial charge in [-0.05, 0) is 36.4 Å². The number of hydrogen-bond donors (Lipinski definition) is 0. The molecule has 0 aliphatic rings. The fourth-order valence-corrected chi connectivity index (χ4v) is 4.08. The minimum absolute atomic E-state index is 0.896. The number of rotatable bonds is 1. The molecule has 122 valence electrons. The van der Waals surface area contributed by atoms with Crippen LogP contribution in [-0.4, -0.2) is 19.1 Å². The van der Waals surface area contributed by atoms with Gasteiger partial charge in [0.05, 0.1) is 34.9 Å². The van der Waals surface area contributed by atoms with E-state index >= 15 is 0 Å². The lowest BCUT2D eigenvalue weighted by Gasteiger charge is -2.00. The molecule has 0 aliphatic heterocycles. The normalized spacial score (nSPS) is 12.6. The molecule has 0 saturated heterocycles. The van der Waals surface area contributed by atoms with E-state index in [4.69, 9.17) is 4.99 Å². The summed E-state index contributed by atoms with van der Waals surface area (Å²) in [5.41, 5.74) is 5.09. The summed E-state index contributed by atoms with van der Waals surface area (Å²) in [4.78, 5) is 13.8. The summed E-state index contributed by atoms with van der Waals surface area (Å²) >= 11 is 1.67. The molecule has 6 heteroatoms. The van der Waals surface area contributed by atoms with Gasteiger partial charge in [0.1, 0.15) is 10.2 Å². The molecule has 5 nitrogen and oxygen atoms in total. The largest absolute Gasteiger partial charge is 0.334 e. The number of hydrogen-bond acceptors (Lipinski definition) is 4. The Hall–Kier alpha value is -2.99. The van der Waals surface area contributed by atoms with Gasteiger partial charge < -0.3 is 9.13 Å². The van der Waals surface area contributed by atoms with E-state index in [0.717, 1.165) is 37.8 Å². The first kappa shape index (κ1) is 14.4. The monoisotopic (exact) mass is 345 g/mol. The molecule has 25 heavy (non-hydrogen) atoms. The fourth-order valence-electron chi connectivity index (χ4n) is 3.17. The van der Waals surface area contributed by atoms with Gasteiger partial charge in [-0.25, -0.2) is 15.0 Å². The zero-order valence-corrected chi connectivity index (χ0v) is 14.7. The van der Waals surface area contributed by atoms with Crippen molar-refractivity contribution < 1.29 is 0 Å². The van der Waals surface area contributed by atoms with Crippen molar-refractivity contribution >= 4 is 49.2 Å². The van der Waals surface area contributed by atoms with E-state index in [1.807, 2.05) is 48.0 Å². The zero-order valence-electron chi connectivity index (χ0n) is 13.8. The third-order valence-corrected chi connectivity index (χ3v) is 5.48. The van der Waals surface area contributed by atoms with Gasteiger partial charge in [-0.2, -0.15) is 0 Å². The van der Waals surface area contributed by atoms with E-state index in [2.05, 4.69) is 40.3 Å². The lowest BCUT2D eigenvalue weighted by atomic mass is 10.2. The SMILES string of the molecule is Cn1cnc2c(N=c3ccc4c(ccc5c4ncn5C)s3)cccc21. The van der Waals surface area contributed by atoms with Crippen molar-refractivity contribution in [1.82, 2.24) is 19.1 Å². The number of nitrogens with zero attached hydrogens (tertiary/aromatic N) is 5. The Morgan fingerprint density at radius 1 is 0.840 bits per heavy atom. The molecule has 0 unspecified atom stereocenters. The highest BCUT2D eigenvalue weighted by molar-refractivity contribution is 7.16. The molecular formula is C19H15N5S. The second kappa shape index (κ2) is 5.26. The maximum absolute atomic E-state index is 4.84. The van der Waals surface area contributed by atoms with Crippen molar-refractivity contribution in [3.8, 4) is 0 Å². The van der Waals surface area contributed by atoms with Crippen molar-refractivity contribution in [3.05, 3.63) is 59.8 Å². The number of benzene rings is 2. The topological polar surface area (TPSA) is 48.0 Å². The van der Waals surface area contributed by atoms with E-state index in [-0.39, 0.29) is 0 Å². The lowest BCUT2D eigenvalue weighted by molar-refractivity contribution is 0.948. The summed E-state index contributed by atoms with van der Waals surface area (Å²) < 4.78 is 6.19. The molecule has 0 radical (unpaired) electrons. The predicted molar refractivity (Wildman–Crippen MR) is 102 cm³/mol. The fraction of sp³-hybridized carbons (Fsp3) is 0.105. The Labute approximate surface area is 147 Å². The minimum Gasteiger partial charge on any atom is -0.334 e. The number of fused-ring (bicyclic) bond motifs is 4. The Bertz CT molecular complexity index is 1320. The van der Waals surface area contributed by atoms with Crippen LogP contribution in [0.1, 0.15) is 0 Å². The maximum atomic E-state index is 4.84. The zero-order chi connectivity index (χ0) is 17.0. The Morgan fingerprint density at radius 3 is 2.44 bits per heavy atom. The summed E-state index contributed by atoms with van der Waals surface area (Å²) in [5.74, 6) is 0. The average molecular weight is 345 g/mol. The van der Waals surface area contributed by atoms with Crippen LogP contribution >= 0.6 is 11.3 Å². The number of aromatic nitrogens is 4. The summed E-state index contributed by atoms with van der Waals surface area (Å²) in [6.07, 6.45) is 3.68. The van der Waals surface area contributed by atoms with Crippen molar-refractivity contribution in [1.29, 1.82) is 0 Å². The Morgan fingerprint density at radius 2 is 1.60 bits per heavy atom. The molecule has 3 heterocycles. The molecule has 0 atom stereocenters. The summed E-state index contributed by atoms with van der Waals surface area (Å²) in [7, 11) is 4.01. The third-order valence-electron chi connectivity index (χ3n) is 4.47. The van der Waals surface area contributed by atoms with E-state index in [1.165, 1.54) is 4.70 Å². The summed E-state index contributed by atoms with van der Waals surface area (Å²) in [6, 6.07) is 14.5. The lowest BCUT2D eigenvalue weighted by Crippen LogP contribution is -1.94. The smallest absolute Gasteiger partial charge is 0.117 e. The molecule has 5 aromatic rings. The van der Waals surface area contributed by atoms with E-state index in [9.17, 15) is 0 Å². The highest BCUT2D eigenvalue weighted by Crippen LogP contribution is 2.26. The van der Waals surface area contributed by atoms with Crippen LogP contribution in [-0.2, 0) is 14.1 Å². The first-order valence-corrected chi connectivity index (χ1v) is 8.81. The van der Waals surface area contributed by atoms with Crippen molar-refractivity contribution in [2.45, 2.75) is 0 Å². The molecule has 0 fully saturated rings. The summed E-state index contributed by atoms with van der Waals surface area (Å²) in [6.45, 7) is 0. The summed E-state index contributed by atoms with van der Waals surface area (Å²) in [5, 5.41) is 1.16. The van der Waals surface area contributed by atoms with E-state index < -0.39 is 0 Å². The molecule has 0 aliphatic carbocycles. The van der Waals surface area contributed by atoms with Crippen LogP contribution in [0.15, 0.2) is 60.1 Å². The highest BCUT2D eigenvalue weighted by atomic mass is 32.1. The van der Waals surface area contributed by atoms with Crippen LogP contribution in [0.5, 0.6) is 0 Å². The van der Waals surface area contributed by atoms with Crippen LogP contribution in [0, 0.1) is 0 Å². The van der Waals surface area contributed by atoms with E-state index in [1.54, 1.807) is 11.3 Å². The molecule has 0 bridgehead atoms. The van der Waals surface area contributed by atoms with Crippen LogP contribution in [0.3, 0.4) is 0 Å². The number of aryl methyl sites for hydroxylation is 2. The second-order valence-corrected chi connectivity index (χ2v) is 7.15. The molecule has 0 amide bonds. The van der Waals surface area contributed by atoms with Gasteiger partial charge in [0.25, 0.3) is 0 Å². The van der Waals surface area contributed by atoms with Gasteiger partial charge in [-0.15, -0.1) is 11.3 Å². The first-order valence-electron chi connectivity index (χ1n) is 7.99. The molecule has 0 N–H and O–H groups in total. The van der Waals surface area contributed by atoms with Gasteiger partial charge in [0.2, 0.25) is 0 Å². The Balaban J connectivity index is 1.74. The van der Waals surface area contributed by atoms with Crippen LogP contribution in [0.25, 0.3) is 32.2 Å². The molecule has 0 saturated carbocycles. The third kappa shape index (κ3) is 2.18. The minimum atomic E-state index is 0.896. The maximum Gasteiger partial charge on any atom is 0.117 e. The van der Waals surface area contributed by atoms with Crippen LogP contribution in [0.4, 0.5) is 5.69 Å². The first-order chi connectivity index (χ1) is 12.2. The molecule has 0 spiro atoms. The van der Waals surface area contributed by atoms with Gasteiger partial charge in [-0.3, -0.25) is 0 Å². The van der Waals surface area contributed by atoms with Crippen LogP contribution < -0.4 is 4.67 Å². The van der Waals surface area contributed by atoms with Gasteiger partial charge in [-0.1, -0.05) is 6.07 Å². The Kier molecular flexibility index (Phi) is 3.02. The van der Waals surface area contributed by atoms with Crippen molar-refractivity contribution in [2.24, 2.45) is 19.1 Å². The molecule has 2 aromatic carbocycles. The predicted octanol–water partition coefficient (Wildman–Crippen LogP) is 3.91. The van der Waals surface area contributed by atoms with E-state index in [0.29, 0.717) is 0 Å². The quantitative estimate of drug-likeness (QED) is 0.462. The number of para-hydroxylation sites is 1. The molecule has 5 rings (SSSR count). The van der Waals surface area contributed by atoms with Gasteiger partial charge in [0.15, 0.2) is 0 Å². The number of imidazole rings is 2. The van der Waals surface area contributed by atoms with Crippen LogP contribution in [0.2, 0.25) is 0 Å².